The highest BCUT2D eigenvalue weighted by molar-refractivity contribution is 7.98. The summed E-state index contributed by atoms with van der Waals surface area (Å²) in [7, 11) is 0. The molecular weight excluding hydrogens is 621 g/mol. The Morgan fingerprint density at radius 3 is 1.06 bits per heavy atom. The summed E-state index contributed by atoms with van der Waals surface area (Å²) >= 11 is 1.67. The van der Waals surface area contributed by atoms with Crippen LogP contribution in [0.15, 0.2) is 150 Å². The molecule has 0 saturated carbocycles. The van der Waals surface area contributed by atoms with E-state index in [4.69, 9.17) is 0 Å². The van der Waals surface area contributed by atoms with Crippen LogP contribution in [-0.2, 0) is 0 Å². The summed E-state index contributed by atoms with van der Waals surface area (Å²) in [5.74, 6) is -0.0325. The van der Waals surface area contributed by atoms with E-state index >= 15 is 0 Å². The first-order valence-corrected chi connectivity index (χ1v) is 17.4. The topological polar surface area (TPSA) is 40.6 Å². The Balaban J connectivity index is 0.000000154. The Morgan fingerprint density at radius 2 is 0.735 bits per heavy atom. The number of hydrogen-bond donors (Lipinski definition) is 0. The van der Waals surface area contributed by atoms with Crippen molar-refractivity contribution in [3.05, 3.63) is 185 Å². The highest BCUT2D eigenvalue weighted by Gasteiger charge is 2.26. The summed E-state index contributed by atoms with van der Waals surface area (Å²) in [6.45, 7) is 2.02. The molecule has 0 fully saturated rings. The van der Waals surface area contributed by atoms with Gasteiger partial charge >= 0.3 is 0 Å². The molecule has 2 aliphatic rings. The number of para-hydroxylation sites is 4. The lowest BCUT2D eigenvalue weighted by atomic mass is 10.1. The van der Waals surface area contributed by atoms with Crippen molar-refractivity contribution in [2.45, 2.75) is 11.8 Å². The number of carbonyl (C=O) groups is 2. The zero-order valence-electron chi connectivity index (χ0n) is 27.3. The molecule has 2 heterocycles. The van der Waals surface area contributed by atoms with Crippen LogP contribution in [0.4, 0.5) is 22.7 Å². The number of anilines is 4. The van der Waals surface area contributed by atoms with Crippen LogP contribution < -0.4 is 9.80 Å². The standard InChI is InChI=1S/C22H17NOS.C22H17NO/c1-25-19-14-12-18(13-15-19)22(24)23-20-8-4-2-6-16(20)10-11-17-7-3-5-9-21(17)23;1-16-10-12-19(13-11-16)22(24)23-20-8-4-2-6-17(20)14-15-18-7-3-5-9-21(18)23/h2-15H,1H3;2-15H,1H3. The summed E-state index contributed by atoms with van der Waals surface area (Å²) in [5.41, 5.74) is 10.3. The Kier molecular flexibility index (Phi) is 9.09. The normalized spacial score (nSPS) is 12.3. The van der Waals surface area contributed by atoms with Crippen LogP contribution in [0.1, 0.15) is 48.5 Å². The van der Waals surface area contributed by atoms with Crippen molar-refractivity contribution in [1.82, 2.24) is 0 Å². The molecule has 6 aromatic carbocycles. The van der Waals surface area contributed by atoms with Crippen LogP contribution in [-0.4, -0.2) is 18.1 Å². The van der Waals surface area contributed by atoms with Crippen molar-refractivity contribution in [2.75, 3.05) is 16.1 Å². The molecule has 0 unspecified atom stereocenters. The predicted molar refractivity (Wildman–Crippen MR) is 206 cm³/mol. The van der Waals surface area contributed by atoms with Crippen LogP contribution >= 0.6 is 11.8 Å². The number of benzene rings is 6. The van der Waals surface area contributed by atoms with Crippen molar-refractivity contribution >= 4 is 70.6 Å². The Morgan fingerprint density at radius 1 is 0.429 bits per heavy atom. The van der Waals surface area contributed by atoms with E-state index in [1.54, 1.807) is 11.8 Å². The van der Waals surface area contributed by atoms with Crippen molar-refractivity contribution in [3.63, 3.8) is 0 Å². The molecule has 0 aliphatic carbocycles. The minimum absolute atomic E-state index is 0.0152. The maximum atomic E-state index is 13.4. The van der Waals surface area contributed by atoms with E-state index in [0.29, 0.717) is 11.1 Å². The van der Waals surface area contributed by atoms with Gasteiger partial charge in [-0.25, -0.2) is 0 Å². The average Bonchev–Trinajstić information content (AvgIpc) is 3.43. The fourth-order valence-electron chi connectivity index (χ4n) is 6.07. The number of aryl methyl sites for hydroxylation is 1. The third kappa shape index (κ3) is 6.49. The monoisotopic (exact) mass is 654 g/mol. The summed E-state index contributed by atoms with van der Waals surface area (Å²) in [6.07, 6.45) is 10.3. The number of thioether (sulfide) groups is 1. The Bertz CT molecular complexity index is 2120. The third-order valence-electron chi connectivity index (χ3n) is 8.64. The van der Waals surface area contributed by atoms with Gasteiger partial charge in [-0.3, -0.25) is 19.4 Å². The summed E-state index contributed by atoms with van der Waals surface area (Å²) in [5, 5.41) is 0. The molecule has 0 atom stereocenters. The van der Waals surface area contributed by atoms with Gasteiger partial charge in [0.05, 0.1) is 22.7 Å². The highest BCUT2D eigenvalue weighted by atomic mass is 32.2. The van der Waals surface area contributed by atoms with Gasteiger partial charge in [-0.1, -0.05) is 115 Å². The summed E-state index contributed by atoms with van der Waals surface area (Å²) in [6, 6.07) is 47.5. The number of fused-ring (bicyclic) bond motifs is 4. The zero-order chi connectivity index (χ0) is 33.7. The van der Waals surface area contributed by atoms with Crippen LogP contribution in [0.3, 0.4) is 0 Å². The molecule has 0 aromatic heterocycles. The van der Waals surface area contributed by atoms with Gasteiger partial charge in [0, 0.05) is 16.0 Å². The first-order valence-electron chi connectivity index (χ1n) is 16.1. The van der Waals surface area contributed by atoms with Gasteiger partial charge in [-0.15, -0.1) is 11.8 Å². The van der Waals surface area contributed by atoms with Crippen LogP contribution in [0, 0.1) is 6.92 Å². The van der Waals surface area contributed by atoms with Crippen LogP contribution in [0.2, 0.25) is 0 Å². The van der Waals surface area contributed by atoms with E-state index in [-0.39, 0.29) is 11.8 Å². The number of nitrogens with zero attached hydrogens (tertiary/aromatic N) is 2. The molecule has 5 heteroatoms. The van der Waals surface area contributed by atoms with Crippen molar-refractivity contribution in [3.8, 4) is 0 Å². The lowest BCUT2D eigenvalue weighted by Gasteiger charge is -2.25. The SMILES string of the molecule is CSc1ccc(C(=O)N2c3ccccc3C=Cc3ccccc32)cc1.Cc1ccc(C(=O)N2c3ccccc3C=Cc3ccccc32)cc1. The lowest BCUT2D eigenvalue weighted by Crippen LogP contribution is -2.26. The number of rotatable bonds is 3. The molecule has 49 heavy (non-hydrogen) atoms. The molecule has 4 nitrogen and oxygen atoms in total. The molecular formula is C44H34N2O2S. The van der Waals surface area contributed by atoms with Gasteiger partial charge in [0.1, 0.15) is 0 Å². The van der Waals surface area contributed by atoms with Gasteiger partial charge in [-0.05, 0) is 96.1 Å². The molecule has 2 aliphatic heterocycles. The Hall–Kier alpha value is -5.91. The fraction of sp³-hybridized carbons (Fsp3) is 0.0455. The predicted octanol–water partition coefficient (Wildman–Crippen LogP) is 11.3. The molecule has 2 amide bonds. The van der Waals surface area contributed by atoms with E-state index in [1.165, 1.54) is 0 Å². The molecule has 0 radical (unpaired) electrons. The lowest BCUT2D eigenvalue weighted by molar-refractivity contribution is 0.0991. The van der Waals surface area contributed by atoms with Gasteiger partial charge in [0.2, 0.25) is 0 Å². The van der Waals surface area contributed by atoms with E-state index in [0.717, 1.165) is 55.5 Å². The minimum atomic E-state index is -0.0174. The molecule has 238 valence electrons. The second kappa shape index (κ2) is 14.1. The maximum absolute atomic E-state index is 13.4. The van der Waals surface area contributed by atoms with Crippen molar-refractivity contribution < 1.29 is 9.59 Å². The average molecular weight is 655 g/mol. The molecule has 6 aromatic rings. The molecule has 0 N–H and O–H groups in total. The minimum Gasteiger partial charge on any atom is -0.276 e. The van der Waals surface area contributed by atoms with Crippen molar-refractivity contribution in [1.29, 1.82) is 0 Å². The molecule has 8 rings (SSSR count). The van der Waals surface area contributed by atoms with E-state index in [9.17, 15) is 9.59 Å². The molecule has 0 saturated heterocycles. The van der Waals surface area contributed by atoms with Crippen LogP contribution in [0.5, 0.6) is 0 Å². The van der Waals surface area contributed by atoms with E-state index < -0.39 is 0 Å². The van der Waals surface area contributed by atoms with Gasteiger partial charge in [-0.2, -0.15) is 0 Å². The summed E-state index contributed by atoms with van der Waals surface area (Å²) in [4.78, 5) is 31.4. The van der Waals surface area contributed by atoms with Crippen LogP contribution in [0.25, 0.3) is 24.3 Å². The van der Waals surface area contributed by atoms with Gasteiger partial charge in [0.15, 0.2) is 0 Å². The molecule has 0 bridgehead atoms. The fourth-order valence-corrected chi connectivity index (χ4v) is 6.48. The quantitative estimate of drug-likeness (QED) is 0.178. The zero-order valence-corrected chi connectivity index (χ0v) is 28.1. The number of hydrogen-bond acceptors (Lipinski definition) is 3. The van der Waals surface area contributed by atoms with Crippen molar-refractivity contribution in [2.24, 2.45) is 0 Å². The van der Waals surface area contributed by atoms with Gasteiger partial charge < -0.3 is 0 Å². The number of amides is 2. The first-order chi connectivity index (χ1) is 24.0. The largest absolute Gasteiger partial charge is 0.276 e. The number of carbonyl (C=O) groups excluding carboxylic acids is 2. The first kappa shape index (κ1) is 31.7. The maximum Gasteiger partial charge on any atom is 0.262 e. The summed E-state index contributed by atoms with van der Waals surface area (Å²) < 4.78 is 0. The van der Waals surface area contributed by atoms with E-state index in [1.807, 2.05) is 169 Å². The smallest absolute Gasteiger partial charge is 0.262 e. The highest BCUT2D eigenvalue weighted by Crippen LogP contribution is 2.39. The van der Waals surface area contributed by atoms with Gasteiger partial charge in [0.25, 0.3) is 11.8 Å². The second-order valence-electron chi connectivity index (χ2n) is 11.8. The third-order valence-corrected chi connectivity index (χ3v) is 9.38. The Labute approximate surface area is 291 Å². The second-order valence-corrected chi connectivity index (χ2v) is 12.7. The van der Waals surface area contributed by atoms with E-state index in [2.05, 4.69) is 24.3 Å². The molecule has 0 spiro atoms.